The van der Waals surface area contributed by atoms with Gasteiger partial charge in [-0.1, -0.05) is 44.2 Å². The fraction of sp³-hybridized carbons (Fsp3) is 0.286. The molecule has 0 fully saturated rings. The summed E-state index contributed by atoms with van der Waals surface area (Å²) in [6, 6.07) is 19.5. The summed E-state index contributed by atoms with van der Waals surface area (Å²) in [4.78, 5) is 29.3. The van der Waals surface area contributed by atoms with E-state index in [2.05, 4.69) is 41.1 Å². The van der Waals surface area contributed by atoms with Gasteiger partial charge in [0.05, 0.1) is 19.4 Å². The maximum Gasteiger partial charge on any atom is 0.251 e. The molecule has 1 aliphatic rings. The third-order valence-electron chi connectivity index (χ3n) is 6.43. The number of allylic oxidation sites excluding steroid dienone is 1. The fourth-order valence-electron chi connectivity index (χ4n) is 4.63. The molecule has 0 radical (unpaired) electrons. The molecule has 0 saturated carbocycles. The van der Waals surface area contributed by atoms with Gasteiger partial charge in [-0.3, -0.25) is 14.5 Å². The lowest BCUT2D eigenvalue weighted by Gasteiger charge is -2.25. The minimum atomic E-state index is -0.247. The highest BCUT2D eigenvalue weighted by molar-refractivity contribution is 5.94. The minimum Gasteiger partial charge on any atom is -0.468 e. The number of likely N-dealkylation sites (N-methyl/N-ethyl adjacent to an activating group) is 1. The van der Waals surface area contributed by atoms with Crippen LogP contribution in [0.25, 0.3) is 0 Å². The molecule has 0 saturated heterocycles. The van der Waals surface area contributed by atoms with Gasteiger partial charge < -0.3 is 14.6 Å². The monoisotopic (exact) mass is 457 g/mol. The Bertz CT molecular complexity index is 1190. The molecular formula is C28H31N3O3. The number of fused-ring (bicyclic) bond motifs is 1. The van der Waals surface area contributed by atoms with Crippen molar-refractivity contribution in [1.29, 1.82) is 0 Å². The maximum atomic E-state index is 13.3. The summed E-state index contributed by atoms with van der Waals surface area (Å²) < 4.78 is 5.54. The van der Waals surface area contributed by atoms with E-state index in [4.69, 9.17) is 4.42 Å². The van der Waals surface area contributed by atoms with E-state index < -0.39 is 0 Å². The predicted molar refractivity (Wildman–Crippen MR) is 134 cm³/mol. The summed E-state index contributed by atoms with van der Waals surface area (Å²) in [6.07, 6.45) is 3.42. The zero-order chi connectivity index (χ0) is 24.3. The largest absolute Gasteiger partial charge is 0.468 e. The summed E-state index contributed by atoms with van der Waals surface area (Å²) in [5, 5.41) is 2.63. The highest BCUT2D eigenvalue weighted by Crippen LogP contribution is 2.46. The van der Waals surface area contributed by atoms with Crippen molar-refractivity contribution in [2.75, 3.05) is 25.5 Å². The molecule has 2 heterocycles. The van der Waals surface area contributed by atoms with E-state index in [1.54, 1.807) is 31.5 Å². The first-order valence-corrected chi connectivity index (χ1v) is 11.4. The van der Waals surface area contributed by atoms with Gasteiger partial charge in [0.2, 0.25) is 0 Å². The molecule has 0 atom stereocenters. The second-order valence-corrected chi connectivity index (χ2v) is 9.20. The number of hydrogen-bond donors (Lipinski definition) is 1. The van der Waals surface area contributed by atoms with Gasteiger partial charge in [0.15, 0.2) is 5.78 Å². The summed E-state index contributed by atoms with van der Waals surface area (Å²) >= 11 is 0. The summed E-state index contributed by atoms with van der Waals surface area (Å²) in [7, 11) is 3.63. The summed E-state index contributed by atoms with van der Waals surface area (Å²) in [6.45, 7) is 5.63. The quantitative estimate of drug-likeness (QED) is 0.504. The Morgan fingerprint density at radius 2 is 1.76 bits per heavy atom. The predicted octanol–water partition coefficient (Wildman–Crippen LogP) is 4.52. The van der Waals surface area contributed by atoms with Crippen LogP contribution in [0.15, 0.2) is 83.1 Å². The molecule has 6 nitrogen and oxygen atoms in total. The number of hydrogen-bond acceptors (Lipinski definition) is 5. The van der Waals surface area contributed by atoms with Gasteiger partial charge in [-0.2, -0.15) is 0 Å². The van der Waals surface area contributed by atoms with Crippen molar-refractivity contribution in [3.63, 3.8) is 0 Å². The van der Waals surface area contributed by atoms with Crippen LogP contribution in [0, 0.1) is 0 Å². The Morgan fingerprint density at radius 3 is 2.41 bits per heavy atom. The van der Waals surface area contributed by atoms with Crippen molar-refractivity contribution >= 4 is 17.4 Å². The Balaban J connectivity index is 1.53. The standard InChI is InChI=1S/C28H31N3O3/c1-28(2)24-9-5-6-10-25(24)30(4)26(28)16-22(32)18-31(19-23-8-7-15-34-23)17-20-11-13-21(14-12-20)27(33)29-3/h5-16H,17-19H2,1-4H3,(H,29,33)/b26-16+. The van der Waals surface area contributed by atoms with Crippen LogP contribution in [0.5, 0.6) is 0 Å². The van der Waals surface area contributed by atoms with Crippen molar-refractivity contribution in [3.8, 4) is 0 Å². The normalized spacial score (nSPS) is 15.6. The van der Waals surface area contributed by atoms with Gasteiger partial charge in [0, 0.05) is 49.1 Å². The number of benzene rings is 2. The van der Waals surface area contributed by atoms with Crippen molar-refractivity contribution in [1.82, 2.24) is 10.2 Å². The SMILES string of the molecule is CNC(=O)c1ccc(CN(CC(=O)/C=C2/N(C)c3ccccc3C2(C)C)Cc2ccco2)cc1. The highest BCUT2D eigenvalue weighted by atomic mass is 16.3. The third-order valence-corrected chi connectivity index (χ3v) is 6.43. The van der Waals surface area contributed by atoms with E-state index in [9.17, 15) is 9.59 Å². The molecule has 1 N–H and O–H groups in total. The van der Waals surface area contributed by atoms with Crippen molar-refractivity contribution < 1.29 is 14.0 Å². The molecule has 1 aliphatic heterocycles. The summed E-state index contributed by atoms with van der Waals surface area (Å²) in [5.74, 6) is 0.717. The van der Waals surface area contributed by atoms with Gasteiger partial charge in [-0.15, -0.1) is 0 Å². The molecule has 0 unspecified atom stereocenters. The Kier molecular flexibility index (Phi) is 6.70. The molecule has 0 bridgehead atoms. The lowest BCUT2D eigenvalue weighted by molar-refractivity contribution is -0.116. The van der Waals surface area contributed by atoms with Crippen LogP contribution in [0.1, 0.15) is 41.1 Å². The van der Waals surface area contributed by atoms with Crippen molar-refractivity contribution in [3.05, 3.63) is 101 Å². The van der Waals surface area contributed by atoms with Gasteiger partial charge in [0.1, 0.15) is 5.76 Å². The first-order valence-electron chi connectivity index (χ1n) is 11.4. The Hall–Kier alpha value is -3.64. The van der Waals surface area contributed by atoms with Crippen molar-refractivity contribution in [2.24, 2.45) is 0 Å². The molecule has 4 rings (SSSR count). The van der Waals surface area contributed by atoms with Gasteiger partial charge in [0.25, 0.3) is 5.91 Å². The number of ketones is 1. The van der Waals surface area contributed by atoms with Crippen LogP contribution in [0.2, 0.25) is 0 Å². The molecule has 1 amide bonds. The second kappa shape index (κ2) is 9.69. The number of para-hydroxylation sites is 1. The summed E-state index contributed by atoms with van der Waals surface area (Å²) in [5.41, 5.74) is 4.73. The van der Waals surface area contributed by atoms with Crippen LogP contribution in [-0.2, 0) is 23.3 Å². The van der Waals surface area contributed by atoms with E-state index in [1.165, 1.54) is 5.56 Å². The molecule has 0 spiro atoms. The maximum absolute atomic E-state index is 13.3. The highest BCUT2D eigenvalue weighted by Gasteiger charge is 2.38. The molecule has 0 aliphatic carbocycles. The third kappa shape index (κ3) is 4.82. The number of furan rings is 1. The lowest BCUT2D eigenvalue weighted by atomic mass is 9.83. The number of nitrogens with zero attached hydrogens (tertiary/aromatic N) is 2. The minimum absolute atomic E-state index is 0.0382. The Morgan fingerprint density at radius 1 is 1.03 bits per heavy atom. The van der Waals surface area contributed by atoms with Crippen LogP contribution in [0.3, 0.4) is 0 Å². The molecular weight excluding hydrogens is 426 g/mol. The second-order valence-electron chi connectivity index (χ2n) is 9.20. The lowest BCUT2D eigenvalue weighted by Crippen LogP contribution is -2.30. The van der Waals surface area contributed by atoms with Crippen LogP contribution in [0.4, 0.5) is 5.69 Å². The van der Waals surface area contributed by atoms with E-state index >= 15 is 0 Å². The zero-order valence-corrected chi connectivity index (χ0v) is 20.2. The first-order chi connectivity index (χ1) is 16.3. The average molecular weight is 458 g/mol. The van der Waals surface area contributed by atoms with Gasteiger partial charge in [-0.05, 0) is 41.5 Å². The molecule has 6 heteroatoms. The van der Waals surface area contributed by atoms with Crippen LogP contribution in [-0.4, -0.2) is 37.2 Å². The topological polar surface area (TPSA) is 65.8 Å². The molecule has 2 aromatic carbocycles. The number of carbonyl (C=O) groups is 2. The number of nitrogens with one attached hydrogen (secondary N) is 1. The number of carbonyl (C=O) groups excluding carboxylic acids is 2. The number of amides is 1. The molecule has 3 aromatic rings. The number of rotatable bonds is 8. The van der Waals surface area contributed by atoms with Gasteiger partial charge in [-0.25, -0.2) is 0 Å². The van der Waals surface area contributed by atoms with E-state index in [-0.39, 0.29) is 23.7 Å². The molecule has 34 heavy (non-hydrogen) atoms. The van der Waals surface area contributed by atoms with Gasteiger partial charge >= 0.3 is 0 Å². The van der Waals surface area contributed by atoms with E-state index in [0.717, 1.165) is 22.7 Å². The average Bonchev–Trinajstić information content (AvgIpc) is 3.40. The molecule has 1 aromatic heterocycles. The van der Waals surface area contributed by atoms with E-state index in [1.807, 2.05) is 43.4 Å². The van der Waals surface area contributed by atoms with E-state index in [0.29, 0.717) is 18.7 Å². The smallest absolute Gasteiger partial charge is 0.251 e. The Labute approximate surface area is 200 Å². The van der Waals surface area contributed by atoms with Crippen molar-refractivity contribution in [2.45, 2.75) is 32.4 Å². The van der Waals surface area contributed by atoms with Crippen LogP contribution < -0.4 is 10.2 Å². The fourth-order valence-corrected chi connectivity index (χ4v) is 4.63. The zero-order valence-electron chi connectivity index (χ0n) is 20.2. The van der Waals surface area contributed by atoms with Crippen LogP contribution >= 0.6 is 0 Å². The number of anilines is 1. The molecule has 176 valence electrons. The first kappa shape index (κ1) is 23.5.